The van der Waals surface area contributed by atoms with Gasteiger partial charge in [0.1, 0.15) is 0 Å². The topological polar surface area (TPSA) is 9.23 Å². The molecule has 1 nitrogen and oxygen atoms in total. The second kappa shape index (κ2) is 4.05. The molecule has 0 aromatic heterocycles. The van der Waals surface area contributed by atoms with Crippen molar-refractivity contribution in [2.24, 2.45) is 0 Å². The molecule has 1 aliphatic rings. The number of rotatable bonds is 2. The smallest absolute Gasteiger partial charge is 0.315 e. The molecule has 1 aromatic carbocycles. The average Bonchev–Trinajstić information content (AvgIpc) is 2.18. The van der Waals surface area contributed by atoms with Crippen LogP contribution in [0.25, 0.3) is 0 Å². The molecule has 1 atom stereocenters. The number of aryl methyl sites for hydroxylation is 1. The van der Waals surface area contributed by atoms with Gasteiger partial charge in [-0.2, -0.15) is 8.78 Å². The standard InChI is InChI=1S/C11H12F2O/c12-11(13)14-10-7-3-5-8-4-1-2-6-9(8)10/h1-2,4,6,10-11H,3,5,7H2. The lowest BCUT2D eigenvalue weighted by molar-refractivity contribution is -0.168. The van der Waals surface area contributed by atoms with Crippen molar-refractivity contribution in [2.75, 3.05) is 0 Å². The molecule has 1 aromatic rings. The molecule has 0 N–H and O–H groups in total. The molecule has 0 amide bonds. The van der Waals surface area contributed by atoms with Gasteiger partial charge in [0.25, 0.3) is 0 Å². The fourth-order valence-electron chi connectivity index (χ4n) is 1.97. The lowest BCUT2D eigenvalue weighted by atomic mass is 9.89. The van der Waals surface area contributed by atoms with Gasteiger partial charge in [-0.25, -0.2) is 0 Å². The Balaban J connectivity index is 2.22. The van der Waals surface area contributed by atoms with Crippen molar-refractivity contribution in [1.29, 1.82) is 0 Å². The highest BCUT2D eigenvalue weighted by Gasteiger charge is 2.22. The molecule has 2 rings (SSSR count). The third-order valence-corrected chi connectivity index (χ3v) is 2.58. The first-order valence-corrected chi connectivity index (χ1v) is 4.79. The molecule has 0 radical (unpaired) electrons. The Kier molecular flexibility index (Phi) is 2.77. The van der Waals surface area contributed by atoms with Crippen LogP contribution in [0.2, 0.25) is 0 Å². The average molecular weight is 198 g/mol. The number of alkyl halides is 2. The Morgan fingerprint density at radius 1 is 1.29 bits per heavy atom. The SMILES string of the molecule is FC(F)OC1CCCc2ccccc21. The highest BCUT2D eigenvalue weighted by Crippen LogP contribution is 2.33. The summed E-state index contributed by atoms with van der Waals surface area (Å²) < 4.78 is 28.8. The van der Waals surface area contributed by atoms with Gasteiger partial charge < -0.3 is 4.74 Å². The normalized spacial score (nSPS) is 20.9. The predicted octanol–water partition coefficient (Wildman–Crippen LogP) is 3.30. The zero-order valence-electron chi connectivity index (χ0n) is 7.75. The van der Waals surface area contributed by atoms with Crippen molar-refractivity contribution in [2.45, 2.75) is 32.0 Å². The summed E-state index contributed by atoms with van der Waals surface area (Å²) in [6, 6.07) is 7.66. The first kappa shape index (κ1) is 9.59. The minimum Gasteiger partial charge on any atom is -0.315 e. The molecule has 14 heavy (non-hydrogen) atoms. The van der Waals surface area contributed by atoms with Crippen LogP contribution >= 0.6 is 0 Å². The van der Waals surface area contributed by atoms with Gasteiger partial charge in [-0.3, -0.25) is 0 Å². The molecule has 0 spiro atoms. The zero-order chi connectivity index (χ0) is 9.97. The summed E-state index contributed by atoms with van der Waals surface area (Å²) in [5.41, 5.74) is 2.07. The van der Waals surface area contributed by atoms with Gasteiger partial charge >= 0.3 is 6.61 Å². The predicted molar refractivity (Wildman–Crippen MR) is 49.2 cm³/mol. The molecule has 76 valence electrons. The van der Waals surface area contributed by atoms with Gasteiger partial charge in [0.05, 0.1) is 6.10 Å². The van der Waals surface area contributed by atoms with Crippen LogP contribution in [-0.4, -0.2) is 6.61 Å². The summed E-state index contributed by atoms with van der Waals surface area (Å²) in [7, 11) is 0. The molecule has 3 heteroatoms. The van der Waals surface area contributed by atoms with Gasteiger partial charge in [-0.15, -0.1) is 0 Å². The van der Waals surface area contributed by atoms with Gasteiger partial charge in [0.15, 0.2) is 0 Å². The fourth-order valence-corrected chi connectivity index (χ4v) is 1.97. The van der Waals surface area contributed by atoms with Crippen LogP contribution in [0.4, 0.5) is 8.78 Å². The molecular weight excluding hydrogens is 186 g/mol. The van der Waals surface area contributed by atoms with Crippen LogP contribution in [0.15, 0.2) is 24.3 Å². The molecular formula is C11H12F2O. The molecule has 0 bridgehead atoms. The van der Waals surface area contributed by atoms with Crippen molar-refractivity contribution in [1.82, 2.24) is 0 Å². The Bertz CT molecular complexity index is 312. The Labute approximate surface area is 81.7 Å². The maximum Gasteiger partial charge on any atom is 0.345 e. The molecule has 1 aliphatic carbocycles. The highest BCUT2D eigenvalue weighted by atomic mass is 19.3. The third-order valence-electron chi connectivity index (χ3n) is 2.58. The zero-order valence-corrected chi connectivity index (χ0v) is 7.75. The summed E-state index contributed by atoms with van der Waals surface area (Å²) in [5, 5.41) is 0. The summed E-state index contributed by atoms with van der Waals surface area (Å²) >= 11 is 0. The van der Waals surface area contributed by atoms with Crippen molar-refractivity contribution < 1.29 is 13.5 Å². The highest BCUT2D eigenvalue weighted by molar-refractivity contribution is 5.31. The van der Waals surface area contributed by atoms with E-state index in [9.17, 15) is 8.78 Å². The first-order chi connectivity index (χ1) is 6.77. The summed E-state index contributed by atoms with van der Waals surface area (Å²) in [4.78, 5) is 0. The lowest BCUT2D eigenvalue weighted by Gasteiger charge is -2.24. The number of benzene rings is 1. The maximum atomic E-state index is 12.1. The van der Waals surface area contributed by atoms with E-state index in [4.69, 9.17) is 0 Å². The van der Waals surface area contributed by atoms with Crippen LogP contribution in [0, 0.1) is 0 Å². The first-order valence-electron chi connectivity index (χ1n) is 4.79. The van der Waals surface area contributed by atoms with Gasteiger partial charge in [-0.05, 0) is 30.4 Å². The molecule has 0 saturated heterocycles. The number of halogens is 2. The van der Waals surface area contributed by atoms with E-state index >= 15 is 0 Å². The molecule has 1 unspecified atom stereocenters. The number of hydrogen-bond acceptors (Lipinski definition) is 1. The van der Waals surface area contributed by atoms with Crippen LogP contribution in [-0.2, 0) is 11.2 Å². The molecule has 0 heterocycles. The fraction of sp³-hybridized carbons (Fsp3) is 0.455. The van der Waals surface area contributed by atoms with Crippen LogP contribution in [0.3, 0.4) is 0 Å². The van der Waals surface area contributed by atoms with Gasteiger partial charge in [0, 0.05) is 0 Å². The van der Waals surface area contributed by atoms with E-state index in [-0.39, 0.29) is 0 Å². The third kappa shape index (κ3) is 1.93. The quantitative estimate of drug-likeness (QED) is 0.708. The Morgan fingerprint density at radius 3 is 2.86 bits per heavy atom. The molecule has 0 saturated carbocycles. The maximum absolute atomic E-state index is 12.1. The van der Waals surface area contributed by atoms with E-state index in [1.54, 1.807) is 0 Å². The summed E-state index contributed by atoms with van der Waals surface area (Å²) in [5.74, 6) is 0. The van der Waals surface area contributed by atoms with Crippen molar-refractivity contribution in [3.8, 4) is 0 Å². The van der Waals surface area contributed by atoms with Gasteiger partial charge in [0.2, 0.25) is 0 Å². The van der Waals surface area contributed by atoms with Gasteiger partial charge in [-0.1, -0.05) is 24.3 Å². The second-order valence-electron chi connectivity index (χ2n) is 3.48. The van der Waals surface area contributed by atoms with E-state index < -0.39 is 12.7 Å². The summed E-state index contributed by atoms with van der Waals surface area (Å²) in [6.45, 7) is -2.67. The Hall–Kier alpha value is -0.960. The monoisotopic (exact) mass is 198 g/mol. The largest absolute Gasteiger partial charge is 0.345 e. The summed E-state index contributed by atoms with van der Waals surface area (Å²) in [6.07, 6.45) is 2.18. The van der Waals surface area contributed by atoms with E-state index in [1.807, 2.05) is 24.3 Å². The van der Waals surface area contributed by atoms with E-state index in [1.165, 1.54) is 0 Å². The van der Waals surface area contributed by atoms with E-state index in [0.29, 0.717) is 6.42 Å². The lowest BCUT2D eigenvalue weighted by Crippen LogP contribution is -2.15. The van der Waals surface area contributed by atoms with Crippen molar-refractivity contribution >= 4 is 0 Å². The number of fused-ring (bicyclic) bond motifs is 1. The minimum absolute atomic E-state index is 0.417. The number of ether oxygens (including phenoxy) is 1. The second-order valence-corrected chi connectivity index (χ2v) is 3.48. The minimum atomic E-state index is -2.67. The van der Waals surface area contributed by atoms with Crippen LogP contribution in [0.5, 0.6) is 0 Å². The van der Waals surface area contributed by atoms with Crippen LogP contribution < -0.4 is 0 Å². The van der Waals surface area contributed by atoms with Crippen LogP contribution in [0.1, 0.15) is 30.1 Å². The van der Waals surface area contributed by atoms with Crippen molar-refractivity contribution in [3.05, 3.63) is 35.4 Å². The molecule has 0 aliphatic heterocycles. The molecule has 0 fully saturated rings. The van der Waals surface area contributed by atoms with E-state index in [2.05, 4.69) is 4.74 Å². The Morgan fingerprint density at radius 2 is 2.07 bits per heavy atom. The van der Waals surface area contributed by atoms with E-state index in [0.717, 1.165) is 24.0 Å². The van der Waals surface area contributed by atoms with Crippen molar-refractivity contribution in [3.63, 3.8) is 0 Å². The number of hydrogen-bond donors (Lipinski definition) is 0.